The van der Waals surface area contributed by atoms with Crippen LogP contribution in [-0.2, 0) is 6.54 Å². The minimum atomic E-state index is 0.437. The molecule has 20 heavy (non-hydrogen) atoms. The molecule has 1 heterocycles. The third-order valence-electron chi connectivity index (χ3n) is 5.55. The molecule has 2 nitrogen and oxygen atoms in total. The summed E-state index contributed by atoms with van der Waals surface area (Å²) >= 11 is 0. The quantitative estimate of drug-likeness (QED) is 0.887. The third kappa shape index (κ3) is 2.64. The molecule has 1 N–H and O–H groups in total. The summed E-state index contributed by atoms with van der Waals surface area (Å²) < 4.78 is 0. The van der Waals surface area contributed by atoms with Crippen molar-refractivity contribution < 1.29 is 0 Å². The Morgan fingerprint density at radius 1 is 1.15 bits per heavy atom. The number of hydrogen-bond donors (Lipinski definition) is 1. The number of hydrogen-bond acceptors (Lipinski definition) is 2. The SMILES string of the molecule is Cc1cccc(CN2CCNCC23CCCCC3)c1C. The van der Waals surface area contributed by atoms with Gasteiger partial charge < -0.3 is 5.32 Å². The molecule has 0 amide bonds. The first-order chi connectivity index (χ1) is 9.71. The maximum absolute atomic E-state index is 3.65. The highest BCUT2D eigenvalue weighted by Crippen LogP contribution is 2.35. The molecule has 0 unspecified atom stereocenters. The molecule has 3 rings (SSSR count). The van der Waals surface area contributed by atoms with E-state index in [9.17, 15) is 0 Å². The second kappa shape index (κ2) is 5.87. The van der Waals surface area contributed by atoms with Crippen molar-refractivity contribution in [3.8, 4) is 0 Å². The van der Waals surface area contributed by atoms with Crippen LogP contribution in [-0.4, -0.2) is 30.1 Å². The van der Waals surface area contributed by atoms with Gasteiger partial charge in [0.2, 0.25) is 0 Å². The Kier molecular flexibility index (Phi) is 4.13. The van der Waals surface area contributed by atoms with Crippen molar-refractivity contribution in [2.75, 3.05) is 19.6 Å². The monoisotopic (exact) mass is 272 g/mol. The van der Waals surface area contributed by atoms with E-state index in [4.69, 9.17) is 0 Å². The van der Waals surface area contributed by atoms with E-state index in [2.05, 4.69) is 42.3 Å². The summed E-state index contributed by atoms with van der Waals surface area (Å²) in [5, 5.41) is 3.65. The Morgan fingerprint density at radius 2 is 1.95 bits per heavy atom. The van der Waals surface area contributed by atoms with Gasteiger partial charge in [0.1, 0.15) is 0 Å². The average Bonchev–Trinajstić information content (AvgIpc) is 2.47. The molecule has 1 saturated carbocycles. The standard InChI is InChI=1S/C18H28N2/c1-15-7-6-8-17(16(15)2)13-20-12-11-19-14-18(20)9-4-3-5-10-18/h6-8,19H,3-5,9-14H2,1-2H3. The fourth-order valence-electron chi connectivity index (χ4n) is 4.02. The van der Waals surface area contributed by atoms with Crippen molar-refractivity contribution in [3.63, 3.8) is 0 Å². The summed E-state index contributed by atoms with van der Waals surface area (Å²) in [4.78, 5) is 2.78. The van der Waals surface area contributed by atoms with Crippen molar-refractivity contribution in [1.29, 1.82) is 0 Å². The summed E-state index contributed by atoms with van der Waals surface area (Å²) in [5.41, 5.74) is 4.87. The van der Waals surface area contributed by atoms with Gasteiger partial charge in [-0.1, -0.05) is 37.5 Å². The highest BCUT2D eigenvalue weighted by atomic mass is 15.3. The Bertz CT molecular complexity index is 452. The van der Waals surface area contributed by atoms with E-state index >= 15 is 0 Å². The molecule has 0 atom stereocenters. The predicted molar refractivity (Wildman–Crippen MR) is 85.0 cm³/mol. The van der Waals surface area contributed by atoms with E-state index in [1.54, 1.807) is 0 Å². The topological polar surface area (TPSA) is 15.3 Å². The molecule has 1 spiro atoms. The van der Waals surface area contributed by atoms with Gasteiger partial charge in [-0.15, -0.1) is 0 Å². The molecule has 2 heteroatoms. The molecular formula is C18H28N2. The molecule has 1 aromatic rings. The van der Waals surface area contributed by atoms with Crippen LogP contribution < -0.4 is 5.32 Å². The van der Waals surface area contributed by atoms with E-state index in [1.165, 1.54) is 61.9 Å². The summed E-state index contributed by atoms with van der Waals surface area (Å²) in [7, 11) is 0. The molecule has 1 aliphatic carbocycles. The molecule has 0 radical (unpaired) electrons. The molecule has 0 aromatic heterocycles. The summed E-state index contributed by atoms with van der Waals surface area (Å²) in [6.07, 6.45) is 7.00. The largest absolute Gasteiger partial charge is 0.314 e. The Hall–Kier alpha value is -0.860. The van der Waals surface area contributed by atoms with Gasteiger partial charge in [0.05, 0.1) is 0 Å². The van der Waals surface area contributed by atoms with Crippen LogP contribution in [0.3, 0.4) is 0 Å². The molecule has 1 aliphatic heterocycles. The van der Waals surface area contributed by atoms with Gasteiger partial charge in [0.15, 0.2) is 0 Å². The second-order valence-corrected chi connectivity index (χ2v) is 6.74. The van der Waals surface area contributed by atoms with Crippen LogP contribution in [0, 0.1) is 13.8 Å². The number of nitrogens with one attached hydrogen (secondary N) is 1. The molecule has 1 aromatic carbocycles. The molecule has 0 bridgehead atoms. The van der Waals surface area contributed by atoms with Crippen LogP contribution in [0.15, 0.2) is 18.2 Å². The minimum Gasteiger partial charge on any atom is -0.314 e. The minimum absolute atomic E-state index is 0.437. The van der Waals surface area contributed by atoms with Gasteiger partial charge >= 0.3 is 0 Å². The van der Waals surface area contributed by atoms with Crippen LogP contribution >= 0.6 is 0 Å². The second-order valence-electron chi connectivity index (χ2n) is 6.74. The van der Waals surface area contributed by atoms with Crippen molar-refractivity contribution in [2.24, 2.45) is 0 Å². The molecular weight excluding hydrogens is 244 g/mol. The average molecular weight is 272 g/mol. The molecule has 110 valence electrons. The lowest BCUT2D eigenvalue weighted by atomic mass is 9.78. The third-order valence-corrected chi connectivity index (χ3v) is 5.55. The number of rotatable bonds is 2. The van der Waals surface area contributed by atoms with Gasteiger partial charge in [-0.05, 0) is 43.4 Å². The van der Waals surface area contributed by atoms with Crippen molar-refractivity contribution in [3.05, 3.63) is 34.9 Å². The lowest BCUT2D eigenvalue weighted by molar-refractivity contribution is 0.0207. The summed E-state index contributed by atoms with van der Waals surface area (Å²) in [6, 6.07) is 6.77. The zero-order valence-electron chi connectivity index (χ0n) is 13.0. The van der Waals surface area contributed by atoms with E-state index in [-0.39, 0.29) is 0 Å². The van der Waals surface area contributed by atoms with Gasteiger partial charge in [-0.3, -0.25) is 4.90 Å². The van der Waals surface area contributed by atoms with E-state index in [0.717, 1.165) is 13.1 Å². The zero-order chi connectivity index (χ0) is 14.0. The van der Waals surface area contributed by atoms with Gasteiger partial charge in [-0.2, -0.15) is 0 Å². The normalized spacial score (nSPS) is 23.1. The van der Waals surface area contributed by atoms with Crippen LogP contribution in [0.5, 0.6) is 0 Å². The maximum Gasteiger partial charge on any atom is 0.0338 e. The summed E-state index contributed by atoms with van der Waals surface area (Å²) in [5.74, 6) is 0. The molecule has 2 aliphatic rings. The van der Waals surface area contributed by atoms with Crippen molar-refractivity contribution >= 4 is 0 Å². The maximum atomic E-state index is 3.65. The van der Waals surface area contributed by atoms with Crippen LogP contribution in [0.1, 0.15) is 48.8 Å². The molecule has 2 fully saturated rings. The lowest BCUT2D eigenvalue weighted by Gasteiger charge is -2.50. The van der Waals surface area contributed by atoms with Crippen LogP contribution in [0.25, 0.3) is 0 Å². The van der Waals surface area contributed by atoms with E-state index < -0.39 is 0 Å². The fourth-order valence-corrected chi connectivity index (χ4v) is 4.02. The van der Waals surface area contributed by atoms with Crippen LogP contribution in [0.4, 0.5) is 0 Å². The Labute approximate surface area is 123 Å². The highest BCUT2D eigenvalue weighted by Gasteiger charge is 2.39. The fraction of sp³-hybridized carbons (Fsp3) is 0.667. The van der Waals surface area contributed by atoms with Gasteiger partial charge in [0.25, 0.3) is 0 Å². The van der Waals surface area contributed by atoms with Crippen LogP contribution in [0.2, 0.25) is 0 Å². The zero-order valence-corrected chi connectivity index (χ0v) is 13.0. The lowest BCUT2D eigenvalue weighted by Crippen LogP contribution is -2.61. The Balaban J connectivity index is 1.81. The van der Waals surface area contributed by atoms with E-state index in [1.807, 2.05) is 0 Å². The number of benzene rings is 1. The molecule has 1 saturated heterocycles. The van der Waals surface area contributed by atoms with Crippen molar-refractivity contribution in [1.82, 2.24) is 10.2 Å². The first-order valence-electron chi connectivity index (χ1n) is 8.22. The first-order valence-corrected chi connectivity index (χ1v) is 8.22. The number of piperazine rings is 1. The first kappa shape index (κ1) is 14.1. The van der Waals surface area contributed by atoms with Gasteiger partial charge in [0, 0.05) is 31.7 Å². The highest BCUT2D eigenvalue weighted by molar-refractivity contribution is 5.33. The number of aryl methyl sites for hydroxylation is 1. The van der Waals surface area contributed by atoms with Gasteiger partial charge in [-0.25, -0.2) is 0 Å². The van der Waals surface area contributed by atoms with Crippen molar-refractivity contribution in [2.45, 2.75) is 58.0 Å². The smallest absolute Gasteiger partial charge is 0.0338 e. The summed E-state index contributed by atoms with van der Waals surface area (Å²) in [6.45, 7) is 9.18. The van der Waals surface area contributed by atoms with E-state index in [0.29, 0.717) is 5.54 Å². The predicted octanol–water partition coefficient (Wildman–Crippen LogP) is 3.41. The number of nitrogens with zero attached hydrogens (tertiary/aromatic N) is 1. The Morgan fingerprint density at radius 3 is 2.75 bits per heavy atom.